The molecule has 0 amide bonds. The maximum Gasteiger partial charge on any atom is 0.160 e. The average molecular weight is 259 g/mol. The van der Waals surface area contributed by atoms with Gasteiger partial charge in [-0.2, -0.15) is 0 Å². The third-order valence-corrected chi connectivity index (χ3v) is 4.89. The first-order valence-electron chi connectivity index (χ1n) is 6.98. The summed E-state index contributed by atoms with van der Waals surface area (Å²) in [5, 5.41) is 0. The van der Waals surface area contributed by atoms with Crippen LogP contribution in [0, 0.1) is 0 Å². The molecule has 1 heterocycles. The van der Waals surface area contributed by atoms with E-state index < -0.39 is 0 Å². The van der Waals surface area contributed by atoms with Gasteiger partial charge in [-0.1, -0.05) is 6.07 Å². The summed E-state index contributed by atoms with van der Waals surface area (Å²) in [6, 6.07) is 6.25. The predicted octanol–water partition coefficient (Wildman–Crippen LogP) is 2.17. The molecule has 2 bridgehead atoms. The Hall–Kier alpha value is -1.35. The van der Waals surface area contributed by atoms with Gasteiger partial charge in [-0.3, -0.25) is 9.69 Å². The minimum absolute atomic E-state index is 0.0494. The number of Topliss-reactive ketones (excluding diaryl/α,β-unsaturated/α-hetero) is 1. The Balaban J connectivity index is 2.16. The molecule has 0 radical (unpaired) electrons. The van der Waals surface area contributed by atoms with Crippen LogP contribution >= 0.6 is 0 Å². The fourth-order valence-electron chi connectivity index (χ4n) is 3.63. The van der Waals surface area contributed by atoms with Gasteiger partial charge in [-0.15, -0.1) is 0 Å². The number of benzene rings is 1. The summed E-state index contributed by atoms with van der Waals surface area (Å²) < 4.78 is 5.33. The summed E-state index contributed by atoms with van der Waals surface area (Å²) in [6.45, 7) is 3.12. The Labute approximate surface area is 114 Å². The van der Waals surface area contributed by atoms with Crippen molar-refractivity contribution in [1.82, 2.24) is 4.90 Å². The number of ether oxygens (including phenoxy) is 1. The van der Waals surface area contributed by atoms with Crippen LogP contribution in [0.25, 0.3) is 0 Å². The lowest BCUT2D eigenvalue weighted by Crippen LogP contribution is -2.50. The van der Waals surface area contributed by atoms with Crippen molar-refractivity contribution in [2.45, 2.75) is 37.6 Å². The van der Waals surface area contributed by atoms with Gasteiger partial charge in [0.2, 0.25) is 0 Å². The number of likely N-dealkylation sites (tertiary alicyclic amines) is 1. The third kappa shape index (κ3) is 1.79. The van der Waals surface area contributed by atoms with Crippen LogP contribution in [0.2, 0.25) is 0 Å². The quantitative estimate of drug-likeness (QED) is 0.774. The average Bonchev–Trinajstić information content (AvgIpc) is 2.48. The predicted molar refractivity (Wildman–Crippen MR) is 74.7 cm³/mol. The molecular formula is C16H21NO2. The van der Waals surface area contributed by atoms with Crippen molar-refractivity contribution in [2.75, 3.05) is 20.7 Å². The lowest BCUT2D eigenvalue weighted by molar-refractivity contribution is -0.128. The van der Waals surface area contributed by atoms with Crippen LogP contribution in [0.1, 0.15) is 30.9 Å². The number of likely N-dealkylation sites (N-methyl/N-ethyl adjacent to an activating group) is 1. The number of methoxy groups -OCH3 is 1. The lowest BCUT2D eigenvalue weighted by Gasteiger charge is -2.38. The van der Waals surface area contributed by atoms with Crippen LogP contribution < -0.4 is 4.74 Å². The van der Waals surface area contributed by atoms with E-state index in [9.17, 15) is 4.79 Å². The van der Waals surface area contributed by atoms with Gasteiger partial charge in [0.25, 0.3) is 0 Å². The smallest absolute Gasteiger partial charge is 0.160 e. The molecule has 0 aromatic heterocycles. The standard InChI is InChI=1S/C16H21NO2/c1-16-7-4-8-17(2)14(15(16)18)9-11-5-6-12(19-3)10-13(11)16/h5-6,10,14H,4,7-9H2,1-3H3/t14-,16+/m1/s1. The number of rotatable bonds is 1. The van der Waals surface area contributed by atoms with Gasteiger partial charge in [0.1, 0.15) is 5.75 Å². The van der Waals surface area contributed by atoms with E-state index in [1.54, 1.807) is 7.11 Å². The Kier molecular flexibility index (Phi) is 2.90. The van der Waals surface area contributed by atoms with E-state index in [1.807, 2.05) is 6.07 Å². The zero-order valence-electron chi connectivity index (χ0n) is 11.9. The fourth-order valence-corrected chi connectivity index (χ4v) is 3.63. The second kappa shape index (κ2) is 4.34. The van der Waals surface area contributed by atoms with Gasteiger partial charge >= 0.3 is 0 Å². The molecule has 102 valence electrons. The van der Waals surface area contributed by atoms with Gasteiger partial charge in [0.05, 0.1) is 18.6 Å². The Morgan fingerprint density at radius 3 is 2.95 bits per heavy atom. The molecule has 0 unspecified atom stereocenters. The SMILES string of the molecule is COc1ccc2c(c1)[C@]1(C)CCCN(C)[C@H](C2)C1=O. The number of hydrogen-bond acceptors (Lipinski definition) is 3. The number of carbonyl (C=O) groups is 1. The number of ketones is 1. The van der Waals surface area contributed by atoms with Crippen molar-refractivity contribution in [3.05, 3.63) is 29.3 Å². The van der Waals surface area contributed by atoms with E-state index in [0.29, 0.717) is 5.78 Å². The van der Waals surface area contributed by atoms with E-state index >= 15 is 0 Å². The molecule has 1 aromatic carbocycles. The highest BCUT2D eigenvalue weighted by molar-refractivity contribution is 5.96. The summed E-state index contributed by atoms with van der Waals surface area (Å²) in [5.74, 6) is 1.23. The molecule has 1 aliphatic heterocycles. The Morgan fingerprint density at radius 2 is 2.21 bits per heavy atom. The van der Waals surface area contributed by atoms with Crippen molar-refractivity contribution < 1.29 is 9.53 Å². The summed E-state index contributed by atoms with van der Waals surface area (Å²) in [4.78, 5) is 15.1. The van der Waals surface area contributed by atoms with Crippen molar-refractivity contribution in [3.63, 3.8) is 0 Å². The molecule has 3 nitrogen and oxygen atoms in total. The molecule has 1 aliphatic carbocycles. The van der Waals surface area contributed by atoms with Crippen LogP contribution in [-0.4, -0.2) is 37.4 Å². The monoisotopic (exact) mass is 259 g/mol. The first-order chi connectivity index (χ1) is 9.06. The van der Waals surface area contributed by atoms with Crippen molar-refractivity contribution >= 4 is 5.78 Å². The van der Waals surface area contributed by atoms with E-state index in [2.05, 4.69) is 31.0 Å². The molecule has 3 heteroatoms. The molecule has 0 N–H and O–H groups in total. The number of carbonyl (C=O) groups excluding carboxylic acids is 1. The summed E-state index contributed by atoms with van der Waals surface area (Å²) in [7, 11) is 3.75. The highest BCUT2D eigenvalue weighted by Crippen LogP contribution is 2.42. The van der Waals surface area contributed by atoms with E-state index in [-0.39, 0.29) is 11.5 Å². The first kappa shape index (κ1) is 12.7. The van der Waals surface area contributed by atoms with Crippen LogP contribution in [0.5, 0.6) is 5.75 Å². The molecular weight excluding hydrogens is 238 g/mol. The minimum Gasteiger partial charge on any atom is -0.497 e. The number of hydrogen-bond donors (Lipinski definition) is 0. The summed E-state index contributed by atoms with van der Waals surface area (Å²) >= 11 is 0. The molecule has 19 heavy (non-hydrogen) atoms. The van der Waals surface area contributed by atoms with Crippen LogP contribution in [0.3, 0.4) is 0 Å². The Morgan fingerprint density at radius 1 is 1.42 bits per heavy atom. The Bertz CT molecular complexity index is 525. The van der Waals surface area contributed by atoms with Gasteiger partial charge in [-0.05, 0) is 63.0 Å². The summed E-state index contributed by atoms with van der Waals surface area (Å²) in [6.07, 6.45) is 2.85. The minimum atomic E-state index is -0.336. The zero-order valence-corrected chi connectivity index (χ0v) is 11.9. The van der Waals surface area contributed by atoms with Crippen LogP contribution in [0.15, 0.2) is 18.2 Å². The second-order valence-electron chi connectivity index (χ2n) is 6.02. The molecule has 1 aromatic rings. The highest BCUT2D eigenvalue weighted by atomic mass is 16.5. The largest absolute Gasteiger partial charge is 0.497 e. The van der Waals surface area contributed by atoms with E-state index in [0.717, 1.165) is 31.6 Å². The fraction of sp³-hybridized carbons (Fsp3) is 0.562. The molecule has 1 saturated heterocycles. The van der Waals surface area contributed by atoms with Gasteiger partial charge in [-0.25, -0.2) is 0 Å². The molecule has 3 rings (SSSR count). The molecule has 2 atom stereocenters. The van der Waals surface area contributed by atoms with Crippen LogP contribution in [-0.2, 0) is 16.6 Å². The van der Waals surface area contributed by atoms with Gasteiger partial charge in [0, 0.05) is 0 Å². The van der Waals surface area contributed by atoms with Crippen molar-refractivity contribution in [2.24, 2.45) is 0 Å². The van der Waals surface area contributed by atoms with Crippen LogP contribution in [0.4, 0.5) is 0 Å². The van der Waals surface area contributed by atoms with Crippen molar-refractivity contribution in [3.8, 4) is 5.75 Å². The van der Waals surface area contributed by atoms with E-state index in [1.165, 1.54) is 11.1 Å². The molecule has 2 aliphatic rings. The molecule has 0 saturated carbocycles. The lowest BCUT2D eigenvalue weighted by atomic mass is 9.67. The highest BCUT2D eigenvalue weighted by Gasteiger charge is 2.47. The van der Waals surface area contributed by atoms with Crippen molar-refractivity contribution in [1.29, 1.82) is 0 Å². The maximum atomic E-state index is 12.8. The normalized spacial score (nSPS) is 30.7. The topological polar surface area (TPSA) is 29.5 Å². The van der Waals surface area contributed by atoms with E-state index in [4.69, 9.17) is 4.74 Å². The second-order valence-corrected chi connectivity index (χ2v) is 6.02. The maximum absolute atomic E-state index is 12.8. The van der Waals surface area contributed by atoms with Gasteiger partial charge < -0.3 is 4.74 Å². The third-order valence-electron chi connectivity index (χ3n) is 4.89. The molecule has 0 spiro atoms. The number of nitrogens with zero attached hydrogens (tertiary/aromatic N) is 1. The first-order valence-corrected chi connectivity index (χ1v) is 6.98. The zero-order chi connectivity index (χ0) is 13.6. The van der Waals surface area contributed by atoms with Gasteiger partial charge in [0.15, 0.2) is 5.78 Å². The molecule has 1 fully saturated rings. The number of fused-ring (bicyclic) bond motifs is 4. The summed E-state index contributed by atoms with van der Waals surface area (Å²) in [5.41, 5.74) is 2.16.